The molecule has 2 rings (SSSR count). The smallest absolute Gasteiger partial charge is 0.142 e. The van der Waals surface area contributed by atoms with E-state index in [4.69, 9.17) is 0 Å². The van der Waals surface area contributed by atoms with Gasteiger partial charge in [0.25, 0.3) is 0 Å². The molecule has 0 radical (unpaired) electrons. The lowest BCUT2D eigenvalue weighted by Crippen LogP contribution is -1.82. The number of fused-ring (bicyclic) bond motifs is 1. The van der Waals surface area contributed by atoms with Crippen LogP contribution in [-0.4, -0.2) is 21.2 Å². The first kappa shape index (κ1) is 8.07. The van der Waals surface area contributed by atoms with Crippen LogP contribution in [0.5, 0.6) is 0 Å². The average molecular weight is 244 g/mol. The standard InChI is InChI=1S/C7H6BrN3S/c1-12-7-4-2-5(8)11-6(4)9-3-10-7/h2-3H,1H3,(H,9,10,11). The Morgan fingerprint density at radius 1 is 1.50 bits per heavy atom. The van der Waals surface area contributed by atoms with Gasteiger partial charge in [0.1, 0.15) is 17.0 Å². The van der Waals surface area contributed by atoms with Crippen LogP contribution in [0.3, 0.4) is 0 Å². The molecule has 0 unspecified atom stereocenters. The first-order valence-electron chi connectivity index (χ1n) is 3.34. The second-order valence-electron chi connectivity index (χ2n) is 2.26. The molecular weight excluding hydrogens is 238 g/mol. The molecule has 0 aliphatic carbocycles. The summed E-state index contributed by atoms with van der Waals surface area (Å²) >= 11 is 4.98. The molecule has 0 saturated carbocycles. The zero-order valence-corrected chi connectivity index (χ0v) is 8.74. The van der Waals surface area contributed by atoms with Gasteiger partial charge in [0, 0.05) is 0 Å². The molecule has 1 N–H and O–H groups in total. The Hall–Kier alpha value is -0.550. The fourth-order valence-corrected chi connectivity index (χ4v) is 1.99. The largest absolute Gasteiger partial charge is 0.334 e. The zero-order valence-electron chi connectivity index (χ0n) is 6.34. The molecule has 0 aliphatic rings. The molecule has 0 fully saturated rings. The van der Waals surface area contributed by atoms with Gasteiger partial charge >= 0.3 is 0 Å². The quantitative estimate of drug-likeness (QED) is 0.618. The lowest BCUT2D eigenvalue weighted by molar-refractivity contribution is 1.10. The second kappa shape index (κ2) is 3.06. The zero-order chi connectivity index (χ0) is 8.55. The number of aromatic nitrogens is 3. The molecule has 62 valence electrons. The van der Waals surface area contributed by atoms with Crippen molar-refractivity contribution in [3.8, 4) is 0 Å². The van der Waals surface area contributed by atoms with Crippen LogP contribution in [0.2, 0.25) is 0 Å². The summed E-state index contributed by atoms with van der Waals surface area (Å²) in [7, 11) is 0. The van der Waals surface area contributed by atoms with Crippen molar-refractivity contribution in [1.29, 1.82) is 0 Å². The summed E-state index contributed by atoms with van der Waals surface area (Å²) in [6, 6.07) is 1.99. The van der Waals surface area contributed by atoms with Crippen molar-refractivity contribution in [1.82, 2.24) is 15.0 Å². The van der Waals surface area contributed by atoms with Crippen molar-refractivity contribution in [2.75, 3.05) is 6.26 Å². The van der Waals surface area contributed by atoms with E-state index < -0.39 is 0 Å². The first-order chi connectivity index (χ1) is 5.81. The second-order valence-corrected chi connectivity index (χ2v) is 3.91. The topological polar surface area (TPSA) is 41.6 Å². The maximum atomic E-state index is 4.15. The van der Waals surface area contributed by atoms with Crippen molar-refractivity contribution in [3.05, 3.63) is 17.0 Å². The molecule has 3 nitrogen and oxygen atoms in total. The van der Waals surface area contributed by atoms with E-state index in [1.807, 2.05) is 12.3 Å². The molecule has 2 aromatic rings. The highest BCUT2D eigenvalue weighted by molar-refractivity contribution is 9.10. The van der Waals surface area contributed by atoms with Crippen LogP contribution < -0.4 is 0 Å². The molecule has 2 heterocycles. The molecule has 0 bridgehead atoms. The predicted octanol–water partition coefficient (Wildman–Crippen LogP) is 2.44. The molecule has 0 atom stereocenters. The maximum absolute atomic E-state index is 4.15. The minimum atomic E-state index is 0.876. The van der Waals surface area contributed by atoms with Gasteiger partial charge in [0.15, 0.2) is 0 Å². The summed E-state index contributed by atoms with van der Waals surface area (Å²) in [5, 5.41) is 2.07. The Bertz CT molecular complexity index is 412. The fraction of sp³-hybridized carbons (Fsp3) is 0.143. The first-order valence-corrected chi connectivity index (χ1v) is 5.36. The number of nitrogens with one attached hydrogen (secondary N) is 1. The van der Waals surface area contributed by atoms with E-state index in [1.165, 1.54) is 0 Å². The van der Waals surface area contributed by atoms with E-state index in [1.54, 1.807) is 18.1 Å². The van der Waals surface area contributed by atoms with E-state index in [0.29, 0.717) is 0 Å². The summed E-state index contributed by atoms with van der Waals surface area (Å²) in [4.78, 5) is 11.3. The third-order valence-corrected chi connectivity index (χ3v) is 2.69. The SMILES string of the molecule is CSc1ncnc2[nH]c(Br)cc12. The number of aromatic amines is 1. The van der Waals surface area contributed by atoms with E-state index in [9.17, 15) is 0 Å². The van der Waals surface area contributed by atoms with Gasteiger partial charge in [0.2, 0.25) is 0 Å². The van der Waals surface area contributed by atoms with Crippen LogP contribution in [0.1, 0.15) is 0 Å². The third kappa shape index (κ3) is 1.23. The number of hydrogen-bond donors (Lipinski definition) is 1. The van der Waals surface area contributed by atoms with Crippen LogP contribution in [0.4, 0.5) is 0 Å². The molecule has 2 aromatic heterocycles. The lowest BCUT2D eigenvalue weighted by Gasteiger charge is -1.94. The minimum Gasteiger partial charge on any atom is -0.334 e. The Balaban J connectivity index is 2.78. The molecule has 5 heteroatoms. The summed E-state index contributed by atoms with van der Waals surface area (Å²) in [5.41, 5.74) is 0.876. The number of rotatable bonds is 1. The van der Waals surface area contributed by atoms with Crippen molar-refractivity contribution in [2.24, 2.45) is 0 Å². The normalized spacial score (nSPS) is 10.8. The molecule has 0 saturated heterocycles. The Labute approximate surface area is 82.1 Å². The third-order valence-electron chi connectivity index (χ3n) is 1.55. The number of hydrogen-bond acceptors (Lipinski definition) is 3. The number of H-pyrrole nitrogens is 1. The number of nitrogens with zero attached hydrogens (tertiary/aromatic N) is 2. The summed E-state index contributed by atoms with van der Waals surface area (Å²) in [5.74, 6) is 0. The molecular formula is C7H6BrN3S. The van der Waals surface area contributed by atoms with E-state index in [-0.39, 0.29) is 0 Å². The summed E-state index contributed by atoms with van der Waals surface area (Å²) < 4.78 is 0.938. The Kier molecular flexibility index (Phi) is 2.06. The van der Waals surface area contributed by atoms with Crippen molar-refractivity contribution in [3.63, 3.8) is 0 Å². The molecule has 0 aliphatic heterocycles. The molecule has 0 aromatic carbocycles. The number of thioether (sulfide) groups is 1. The molecule has 0 spiro atoms. The predicted molar refractivity (Wildman–Crippen MR) is 53.4 cm³/mol. The van der Waals surface area contributed by atoms with E-state index in [0.717, 1.165) is 20.7 Å². The Morgan fingerprint density at radius 2 is 2.33 bits per heavy atom. The van der Waals surface area contributed by atoms with E-state index >= 15 is 0 Å². The van der Waals surface area contributed by atoms with Gasteiger partial charge in [-0.15, -0.1) is 11.8 Å². The van der Waals surface area contributed by atoms with Gasteiger partial charge in [0.05, 0.1) is 9.99 Å². The van der Waals surface area contributed by atoms with Crippen LogP contribution in [-0.2, 0) is 0 Å². The summed E-state index contributed by atoms with van der Waals surface area (Å²) in [6.45, 7) is 0. The fourth-order valence-electron chi connectivity index (χ4n) is 1.05. The van der Waals surface area contributed by atoms with Gasteiger partial charge in [-0.2, -0.15) is 0 Å². The van der Waals surface area contributed by atoms with Gasteiger partial charge in [-0.25, -0.2) is 9.97 Å². The van der Waals surface area contributed by atoms with Crippen LogP contribution in [0, 0.1) is 0 Å². The van der Waals surface area contributed by atoms with Gasteiger partial charge in [-0.05, 0) is 28.3 Å². The van der Waals surface area contributed by atoms with Crippen molar-refractivity contribution in [2.45, 2.75) is 5.03 Å². The van der Waals surface area contributed by atoms with Crippen LogP contribution in [0.15, 0.2) is 22.0 Å². The monoisotopic (exact) mass is 243 g/mol. The highest BCUT2D eigenvalue weighted by Gasteiger charge is 2.04. The van der Waals surface area contributed by atoms with Gasteiger partial charge in [-0.1, -0.05) is 0 Å². The van der Waals surface area contributed by atoms with Crippen LogP contribution in [0.25, 0.3) is 11.0 Å². The highest BCUT2D eigenvalue weighted by Crippen LogP contribution is 2.24. The molecule has 0 amide bonds. The number of halogens is 1. The minimum absolute atomic E-state index is 0.876. The Morgan fingerprint density at radius 3 is 3.08 bits per heavy atom. The lowest BCUT2D eigenvalue weighted by atomic mass is 10.4. The van der Waals surface area contributed by atoms with Gasteiger partial charge in [-0.3, -0.25) is 0 Å². The maximum Gasteiger partial charge on any atom is 0.142 e. The molecule has 12 heavy (non-hydrogen) atoms. The van der Waals surface area contributed by atoms with Crippen LogP contribution >= 0.6 is 27.7 Å². The highest BCUT2D eigenvalue weighted by atomic mass is 79.9. The summed E-state index contributed by atoms with van der Waals surface area (Å²) in [6.07, 6.45) is 3.57. The van der Waals surface area contributed by atoms with Gasteiger partial charge < -0.3 is 4.98 Å². The van der Waals surface area contributed by atoms with Crippen molar-refractivity contribution < 1.29 is 0 Å². The van der Waals surface area contributed by atoms with E-state index in [2.05, 4.69) is 30.9 Å². The van der Waals surface area contributed by atoms with Crippen molar-refractivity contribution >= 4 is 38.7 Å². The average Bonchev–Trinajstić information content (AvgIpc) is 2.44.